The molecule has 1 saturated heterocycles. The molecule has 1 aliphatic heterocycles. The van der Waals surface area contributed by atoms with E-state index in [9.17, 15) is 14.7 Å². The summed E-state index contributed by atoms with van der Waals surface area (Å²) in [4.78, 5) is 29.4. The Bertz CT molecular complexity index is 824. The molecule has 2 heterocycles. The number of aldehydes is 1. The number of β-amino-alcohol motifs (C(OH)–C–C–N with tert-alkyl or cyclic N) is 1. The molecule has 3 rings (SSSR count). The molecular formula is C21H28ClN3O5. The topological polar surface area (TPSA) is 105 Å². The van der Waals surface area contributed by atoms with E-state index in [0.717, 1.165) is 12.0 Å². The van der Waals surface area contributed by atoms with Crippen LogP contribution in [0.15, 0.2) is 34.9 Å². The van der Waals surface area contributed by atoms with E-state index in [2.05, 4.69) is 10.6 Å². The van der Waals surface area contributed by atoms with E-state index in [-0.39, 0.29) is 23.8 Å². The second kappa shape index (κ2) is 11.1. The van der Waals surface area contributed by atoms with Crippen molar-refractivity contribution in [2.75, 3.05) is 13.6 Å². The van der Waals surface area contributed by atoms with Gasteiger partial charge in [0.15, 0.2) is 5.75 Å². The first-order chi connectivity index (χ1) is 14.2. The number of aromatic nitrogens is 1. The van der Waals surface area contributed by atoms with Crippen molar-refractivity contribution in [1.82, 2.24) is 15.5 Å². The first-order valence-electron chi connectivity index (χ1n) is 9.70. The number of rotatable bonds is 6. The molecule has 0 radical (unpaired) electrons. The Kier molecular flexibility index (Phi) is 8.83. The summed E-state index contributed by atoms with van der Waals surface area (Å²) in [5.74, 6) is 1.01. The third kappa shape index (κ3) is 6.83. The molecule has 0 saturated carbocycles. The largest absolute Gasteiger partial charge is 0.392 e. The maximum absolute atomic E-state index is 11.8. The lowest BCUT2D eigenvalue weighted by Crippen LogP contribution is -2.42. The lowest BCUT2D eigenvalue weighted by molar-refractivity contribution is -0.131. The Hall–Kier alpha value is -2.42. The fourth-order valence-electron chi connectivity index (χ4n) is 3.05. The van der Waals surface area contributed by atoms with Gasteiger partial charge >= 0.3 is 0 Å². The molecule has 8 nitrogen and oxygen atoms in total. The minimum atomic E-state index is -0.457. The van der Waals surface area contributed by atoms with Gasteiger partial charge in [0.25, 0.3) is 5.91 Å². The highest BCUT2D eigenvalue weighted by molar-refractivity contribution is 6.30. The number of likely N-dealkylation sites (N-methyl/N-ethyl adjacent to an activating group) is 1. The standard InChI is InChI=1S/C12H15ClN2O3.C9H13NO2/c1-15-7-9(16)6-11(15)12(17)14-18-10-4-2-8(13)3-5-10;1-6(2)8(5-11)9-4-7(3)10-12-9/h2-5,9,11,16H,6-7H2,1H3,(H,14,17);4-6,8H,1-3H3. The van der Waals surface area contributed by atoms with Gasteiger partial charge in [-0.1, -0.05) is 30.6 Å². The SMILES string of the molecule is CN1CC(O)CC1C(=O)NOc1ccc(Cl)cc1.Cc1cc(C(C=O)C(C)C)on1. The van der Waals surface area contributed by atoms with E-state index in [1.54, 1.807) is 42.3 Å². The number of amides is 1. The van der Waals surface area contributed by atoms with Gasteiger partial charge in [0.2, 0.25) is 0 Å². The zero-order valence-electron chi connectivity index (χ0n) is 17.5. The highest BCUT2D eigenvalue weighted by atomic mass is 35.5. The van der Waals surface area contributed by atoms with Crippen LogP contribution < -0.4 is 10.3 Å². The molecule has 0 aliphatic carbocycles. The van der Waals surface area contributed by atoms with Crippen LogP contribution in [0.25, 0.3) is 0 Å². The number of likely N-dealkylation sites (tertiary alicyclic amines) is 1. The van der Waals surface area contributed by atoms with Crippen LogP contribution in [-0.2, 0) is 9.59 Å². The molecule has 1 aromatic carbocycles. The van der Waals surface area contributed by atoms with Crippen molar-refractivity contribution in [1.29, 1.82) is 0 Å². The molecule has 0 spiro atoms. The average Bonchev–Trinajstić information content (AvgIpc) is 3.26. The molecular weight excluding hydrogens is 410 g/mol. The van der Waals surface area contributed by atoms with Gasteiger partial charge < -0.3 is 19.3 Å². The Labute approximate surface area is 181 Å². The number of nitrogens with zero attached hydrogens (tertiary/aromatic N) is 2. The number of hydroxylamine groups is 1. The van der Waals surface area contributed by atoms with Crippen LogP contribution in [0, 0.1) is 12.8 Å². The van der Waals surface area contributed by atoms with Crippen molar-refractivity contribution >= 4 is 23.8 Å². The summed E-state index contributed by atoms with van der Waals surface area (Å²) in [7, 11) is 1.79. The van der Waals surface area contributed by atoms with Crippen molar-refractivity contribution in [3.05, 3.63) is 46.8 Å². The third-order valence-electron chi connectivity index (χ3n) is 4.75. The number of nitrogens with one attached hydrogen (secondary N) is 1. The van der Waals surface area contributed by atoms with E-state index in [4.69, 9.17) is 21.0 Å². The van der Waals surface area contributed by atoms with E-state index in [1.807, 2.05) is 20.8 Å². The monoisotopic (exact) mass is 437 g/mol. The van der Waals surface area contributed by atoms with Crippen molar-refractivity contribution in [3.8, 4) is 5.75 Å². The zero-order valence-corrected chi connectivity index (χ0v) is 18.3. The van der Waals surface area contributed by atoms with Gasteiger partial charge in [-0.3, -0.25) is 9.69 Å². The predicted molar refractivity (Wildman–Crippen MR) is 112 cm³/mol. The molecule has 164 valence electrons. The maximum Gasteiger partial charge on any atom is 0.270 e. The van der Waals surface area contributed by atoms with Crippen LogP contribution >= 0.6 is 11.6 Å². The van der Waals surface area contributed by atoms with Crippen LogP contribution in [0.1, 0.15) is 37.6 Å². The number of aliphatic hydroxyl groups is 1. The lowest BCUT2D eigenvalue weighted by Gasteiger charge is -2.17. The van der Waals surface area contributed by atoms with E-state index < -0.39 is 6.10 Å². The van der Waals surface area contributed by atoms with Crippen molar-refractivity contribution < 1.29 is 24.1 Å². The number of halogens is 1. The highest BCUT2D eigenvalue weighted by Gasteiger charge is 2.33. The minimum absolute atomic E-state index is 0.161. The summed E-state index contributed by atoms with van der Waals surface area (Å²) in [6, 6.07) is 8.13. The quantitative estimate of drug-likeness (QED) is 0.528. The molecule has 1 amide bonds. The number of carbonyl (C=O) groups excluding carboxylic acids is 2. The minimum Gasteiger partial charge on any atom is -0.392 e. The predicted octanol–water partition coefficient (Wildman–Crippen LogP) is 2.74. The fraction of sp³-hybridized carbons (Fsp3) is 0.476. The molecule has 1 aromatic heterocycles. The van der Waals surface area contributed by atoms with Gasteiger partial charge in [-0.15, -0.1) is 0 Å². The first kappa shape index (κ1) is 23.9. The molecule has 2 N–H and O–H groups in total. The normalized spacial score (nSPS) is 19.7. The summed E-state index contributed by atoms with van der Waals surface area (Å²) in [5.41, 5.74) is 3.19. The molecule has 1 aliphatic rings. The number of hydrogen-bond acceptors (Lipinski definition) is 7. The number of aryl methyl sites for hydroxylation is 1. The third-order valence-corrected chi connectivity index (χ3v) is 5.00. The molecule has 9 heteroatoms. The summed E-state index contributed by atoms with van der Waals surface area (Å²) in [5, 5.41) is 13.8. The van der Waals surface area contributed by atoms with Crippen LogP contribution in [0.3, 0.4) is 0 Å². The van der Waals surface area contributed by atoms with Crippen molar-refractivity contribution in [2.24, 2.45) is 5.92 Å². The van der Waals surface area contributed by atoms with Gasteiger partial charge in [-0.2, -0.15) is 5.48 Å². The highest BCUT2D eigenvalue weighted by Crippen LogP contribution is 2.22. The molecule has 3 unspecified atom stereocenters. The fourth-order valence-corrected chi connectivity index (χ4v) is 3.18. The van der Waals surface area contributed by atoms with Gasteiger partial charge in [0, 0.05) is 17.6 Å². The van der Waals surface area contributed by atoms with Crippen molar-refractivity contribution in [2.45, 2.75) is 45.3 Å². The van der Waals surface area contributed by atoms with Crippen LogP contribution in [0.4, 0.5) is 0 Å². The van der Waals surface area contributed by atoms with Gasteiger partial charge in [0.05, 0.1) is 23.8 Å². The molecule has 3 atom stereocenters. The summed E-state index contributed by atoms with van der Waals surface area (Å²) >= 11 is 5.74. The number of aliphatic hydroxyl groups excluding tert-OH is 1. The van der Waals surface area contributed by atoms with E-state index >= 15 is 0 Å². The van der Waals surface area contributed by atoms with Crippen molar-refractivity contribution in [3.63, 3.8) is 0 Å². The Balaban J connectivity index is 0.000000232. The lowest BCUT2D eigenvalue weighted by atomic mass is 9.95. The summed E-state index contributed by atoms with van der Waals surface area (Å²) < 4.78 is 5.00. The summed E-state index contributed by atoms with van der Waals surface area (Å²) in [6.07, 6.45) is 0.873. The smallest absolute Gasteiger partial charge is 0.270 e. The second-order valence-corrected chi connectivity index (χ2v) is 8.08. The van der Waals surface area contributed by atoms with Gasteiger partial charge in [-0.05, 0) is 50.6 Å². The Morgan fingerprint density at radius 1 is 1.40 bits per heavy atom. The second-order valence-electron chi connectivity index (χ2n) is 7.64. The number of hydrogen-bond donors (Lipinski definition) is 2. The zero-order chi connectivity index (χ0) is 22.3. The van der Waals surface area contributed by atoms with Crippen LogP contribution in [0.5, 0.6) is 5.75 Å². The molecule has 0 bridgehead atoms. The maximum atomic E-state index is 11.8. The van der Waals surface area contributed by atoms with E-state index in [1.165, 1.54) is 0 Å². The van der Waals surface area contributed by atoms with Crippen LogP contribution in [-0.4, -0.2) is 53.1 Å². The molecule has 1 fully saturated rings. The summed E-state index contributed by atoms with van der Waals surface area (Å²) in [6.45, 7) is 6.31. The van der Waals surface area contributed by atoms with E-state index in [0.29, 0.717) is 29.5 Å². The molecule has 30 heavy (non-hydrogen) atoms. The van der Waals surface area contributed by atoms with Gasteiger partial charge in [-0.25, -0.2) is 0 Å². The van der Waals surface area contributed by atoms with Gasteiger partial charge in [0.1, 0.15) is 12.0 Å². The Morgan fingerprint density at radius 3 is 2.53 bits per heavy atom. The average molecular weight is 438 g/mol. The first-order valence-corrected chi connectivity index (χ1v) is 10.1. The number of carbonyl (C=O) groups is 2. The Morgan fingerprint density at radius 2 is 2.07 bits per heavy atom. The molecule has 2 aromatic rings. The van der Waals surface area contributed by atoms with Crippen LogP contribution in [0.2, 0.25) is 5.02 Å². The number of benzene rings is 1.